The summed E-state index contributed by atoms with van der Waals surface area (Å²) in [4.78, 5) is 25.6. The van der Waals surface area contributed by atoms with Crippen LogP contribution in [0, 0.1) is 12.3 Å². The minimum absolute atomic E-state index is 0.232. The highest BCUT2D eigenvalue weighted by atomic mass is 16.5. The zero-order valence-corrected chi connectivity index (χ0v) is 12.5. The van der Waals surface area contributed by atoms with E-state index in [9.17, 15) is 9.59 Å². The second-order valence-electron chi connectivity index (χ2n) is 5.18. The molecule has 3 rings (SSSR count). The highest BCUT2D eigenvalue weighted by Crippen LogP contribution is 2.22. The summed E-state index contributed by atoms with van der Waals surface area (Å²) in [5.74, 6) is 2.79. The molecule has 0 fully saturated rings. The van der Waals surface area contributed by atoms with Crippen LogP contribution in [0.3, 0.4) is 0 Å². The van der Waals surface area contributed by atoms with Crippen molar-refractivity contribution in [2.45, 2.75) is 6.42 Å². The Morgan fingerprint density at radius 3 is 2.13 bits per heavy atom. The minimum atomic E-state index is -0.232. The van der Waals surface area contributed by atoms with Crippen LogP contribution in [0.1, 0.15) is 32.7 Å². The third kappa shape index (κ3) is 2.95. The summed E-state index contributed by atoms with van der Waals surface area (Å²) in [6.07, 6.45) is 5.87. The van der Waals surface area contributed by atoms with Crippen molar-refractivity contribution in [2.75, 3.05) is 13.2 Å². The van der Waals surface area contributed by atoms with Crippen LogP contribution >= 0.6 is 0 Å². The lowest BCUT2D eigenvalue weighted by atomic mass is 10.1. The maximum Gasteiger partial charge on any atom is 0.261 e. The molecule has 114 valence electrons. The molecule has 0 atom stereocenters. The number of hydrogen-bond acceptors (Lipinski definition) is 3. The van der Waals surface area contributed by atoms with Gasteiger partial charge in [0, 0.05) is 12.1 Å². The molecule has 0 saturated heterocycles. The van der Waals surface area contributed by atoms with E-state index in [-0.39, 0.29) is 11.8 Å². The summed E-state index contributed by atoms with van der Waals surface area (Å²) in [7, 11) is 0. The molecule has 2 aromatic carbocycles. The average molecular weight is 305 g/mol. The first kappa shape index (κ1) is 14.9. The lowest BCUT2D eigenvalue weighted by Crippen LogP contribution is -2.31. The number of fused-ring (bicyclic) bond motifs is 1. The van der Waals surface area contributed by atoms with Crippen molar-refractivity contribution in [3.8, 4) is 18.1 Å². The third-order valence-corrected chi connectivity index (χ3v) is 3.69. The van der Waals surface area contributed by atoms with Gasteiger partial charge in [-0.05, 0) is 42.8 Å². The van der Waals surface area contributed by atoms with Gasteiger partial charge in [0.25, 0.3) is 11.8 Å². The number of imide groups is 1. The fourth-order valence-electron chi connectivity index (χ4n) is 2.50. The van der Waals surface area contributed by atoms with Crippen LogP contribution in [0.5, 0.6) is 5.75 Å². The Bertz CT molecular complexity index is 752. The number of carbonyl (C=O) groups is 2. The number of amides is 2. The molecule has 1 aliphatic rings. The lowest BCUT2D eigenvalue weighted by Gasteiger charge is -2.14. The number of hydrogen-bond donors (Lipinski definition) is 0. The molecule has 0 aromatic heterocycles. The number of nitrogens with zero attached hydrogens (tertiary/aromatic N) is 1. The van der Waals surface area contributed by atoms with Gasteiger partial charge >= 0.3 is 0 Å². The van der Waals surface area contributed by atoms with E-state index >= 15 is 0 Å². The molecule has 0 saturated carbocycles. The van der Waals surface area contributed by atoms with Crippen LogP contribution in [0.2, 0.25) is 0 Å². The maximum absolute atomic E-state index is 12.2. The van der Waals surface area contributed by atoms with Crippen molar-refractivity contribution in [1.29, 1.82) is 0 Å². The first-order valence-electron chi connectivity index (χ1n) is 7.35. The SMILES string of the molecule is C#Cc1ccc(OCCCN2C(=O)c3ccccc3C2=O)cc1. The summed E-state index contributed by atoms with van der Waals surface area (Å²) in [6, 6.07) is 14.1. The van der Waals surface area contributed by atoms with E-state index < -0.39 is 0 Å². The first-order valence-corrected chi connectivity index (χ1v) is 7.35. The molecular formula is C19H15NO3. The van der Waals surface area contributed by atoms with Gasteiger partial charge in [0.05, 0.1) is 17.7 Å². The number of ether oxygens (including phenoxy) is 1. The van der Waals surface area contributed by atoms with Gasteiger partial charge in [-0.3, -0.25) is 14.5 Å². The summed E-state index contributed by atoms with van der Waals surface area (Å²) in [6.45, 7) is 0.761. The van der Waals surface area contributed by atoms with E-state index in [4.69, 9.17) is 11.2 Å². The van der Waals surface area contributed by atoms with Gasteiger partial charge in [-0.2, -0.15) is 0 Å². The van der Waals surface area contributed by atoms with E-state index in [0.29, 0.717) is 36.4 Å². The first-order chi connectivity index (χ1) is 11.2. The van der Waals surface area contributed by atoms with Crippen LogP contribution in [-0.2, 0) is 0 Å². The molecule has 4 nitrogen and oxygen atoms in total. The van der Waals surface area contributed by atoms with Gasteiger partial charge < -0.3 is 4.74 Å². The highest BCUT2D eigenvalue weighted by molar-refractivity contribution is 6.21. The van der Waals surface area contributed by atoms with Crippen LogP contribution in [0.15, 0.2) is 48.5 Å². The normalized spacial score (nSPS) is 12.9. The van der Waals surface area contributed by atoms with Gasteiger partial charge in [0.15, 0.2) is 0 Å². The quantitative estimate of drug-likeness (QED) is 0.485. The number of benzene rings is 2. The van der Waals surface area contributed by atoms with E-state index in [0.717, 1.165) is 5.56 Å². The fourth-order valence-corrected chi connectivity index (χ4v) is 2.50. The zero-order valence-electron chi connectivity index (χ0n) is 12.5. The van der Waals surface area contributed by atoms with Crippen molar-refractivity contribution in [2.24, 2.45) is 0 Å². The van der Waals surface area contributed by atoms with E-state index in [1.54, 1.807) is 48.5 Å². The van der Waals surface area contributed by atoms with Crippen LogP contribution < -0.4 is 4.74 Å². The molecule has 23 heavy (non-hydrogen) atoms. The van der Waals surface area contributed by atoms with E-state index in [1.165, 1.54) is 4.90 Å². The van der Waals surface area contributed by atoms with Gasteiger partial charge in [0.1, 0.15) is 5.75 Å². The molecule has 4 heteroatoms. The van der Waals surface area contributed by atoms with Gasteiger partial charge in [-0.25, -0.2) is 0 Å². The molecule has 0 radical (unpaired) electrons. The topological polar surface area (TPSA) is 46.6 Å². The van der Waals surface area contributed by atoms with E-state index in [1.807, 2.05) is 0 Å². The Kier molecular flexibility index (Phi) is 4.11. The third-order valence-electron chi connectivity index (χ3n) is 3.69. The molecular weight excluding hydrogens is 290 g/mol. The van der Waals surface area contributed by atoms with Gasteiger partial charge in [0.2, 0.25) is 0 Å². The van der Waals surface area contributed by atoms with Gasteiger partial charge in [-0.15, -0.1) is 6.42 Å². The summed E-state index contributed by atoms with van der Waals surface area (Å²) in [5.41, 5.74) is 1.75. The number of rotatable bonds is 5. The summed E-state index contributed by atoms with van der Waals surface area (Å²) >= 11 is 0. The number of carbonyl (C=O) groups excluding carboxylic acids is 2. The molecule has 0 bridgehead atoms. The number of terminal acetylenes is 1. The van der Waals surface area contributed by atoms with Crippen molar-refractivity contribution in [1.82, 2.24) is 4.90 Å². The van der Waals surface area contributed by atoms with E-state index in [2.05, 4.69) is 5.92 Å². The smallest absolute Gasteiger partial charge is 0.261 e. The molecule has 0 spiro atoms. The zero-order chi connectivity index (χ0) is 16.2. The summed E-state index contributed by atoms with van der Waals surface area (Å²) in [5, 5.41) is 0. The Labute approximate surface area is 134 Å². The largest absolute Gasteiger partial charge is 0.494 e. The molecule has 0 aliphatic carbocycles. The Morgan fingerprint density at radius 2 is 1.57 bits per heavy atom. The second-order valence-corrected chi connectivity index (χ2v) is 5.18. The monoisotopic (exact) mass is 305 g/mol. The average Bonchev–Trinajstić information content (AvgIpc) is 2.84. The molecule has 2 aromatic rings. The Hall–Kier alpha value is -3.06. The maximum atomic E-state index is 12.2. The summed E-state index contributed by atoms with van der Waals surface area (Å²) < 4.78 is 5.60. The Morgan fingerprint density at radius 1 is 0.957 bits per heavy atom. The second kappa shape index (κ2) is 6.37. The fraction of sp³-hybridized carbons (Fsp3) is 0.158. The molecule has 0 N–H and O–H groups in total. The highest BCUT2D eigenvalue weighted by Gasteiger charge is 2.34. The predicted octanol–water partition coefficient (Wildman–Crippen LogP) is 2.73. The molecule has 1 heterocycles. The molecule has 0 unspecified atom stereocenters. The van der Waals surface area contributed by atoms with Crippen molar-refractivity contribution >= 4 is 11.8 Å². The van der Waals surface area contributed by atoms with Crippen LogP contribution in [-0.4, -0.2) is 29.9 Å². The van der Waals surface area contributed by atoms with Crippen LogP contribution in [0.4, 0.5) is 0 Å². The van der Waals surface area contributed by atoms with Crippen molar-refractivity contribution < 1.29 is 14.3 Å². The van der Waals surface area contributed by atoms with Gasteiger partial charge in [-0.1, -0.05) is 18.1 Å². The predicted molar refractivity (Wildman–Crippen MR) is 86.3 cm³/mol. The van der Waals surface area contributed by atoms with Crippen molar-refractivity contribution in [3.63, 3.8) is 0 Å². The molecule has 1 aliphatic heterocycles. The van der Waals surface area contributed by atoms with Crippen molar-refractivity contribution in [3.05, 3.63) is 65.2 Å². The standard InChI is InChI=1S/C19H15NO3/c1-2-14-8-10-15(11-9-14)23-13-5-12-20-18(21)16-6-3-4-7-17(16)19(20)22/h1,3-4,6-11H,5,12-13H2. The lowest BCUT2D eigenvalue weighted by molar-refractivity contribution is 0.0647. The molecule has 2 amide bonds. The minimum Gasteiger partial charge on any atom is -0.494 e. The Balaban J connectivity index is 1.53. The van der Waals surface area contributed by atoms with Crippen LogP contribution in [0.25, 0.3) is 0 Å².